The van der Waals surface area contributed by atoms with Gasteiger partial charge in [0, 0.05) is 80.4 Å². The van der Waals surface area contributed by atoms with E-state index in [2.05, 4.69) is 43.8 Å². The van der Waals surface area contributed by atoms with Gasteiger partial charge in [0.2, 0.25) is 23.6 Å². The van der Waals surface area contributed by atoms with Crippen molar-refractivity contribution >= 4 is 57.9 Å². The number of hydrogen-bond donors (Lipinski definition) is 4. The average Bonchev–Trinajstić information content (AvgIpc) is 4.01. The lowest BCUT2D eigenvalue weighted by atomic mass is 9.75. The minimum Gasteiger partial charge on any atom is -0.389 e. The van der Waals surface area contributed by atoms with Crippen LogP contribution >= 0.6 is 11.6 Å². The smallest absolute Gasteiger partial charge is 0.249 e. The summed E-state index contributed by atoms with van der Waals surface area (Å²) in [5, 5.41) is 40.1. The summed E-state index contributed by atoms with van der Waals surface area (Å²) in [6.07, 6.45) is 14.1. The van der Waals surface area contributed by atoms with E-state index in [1.807, 2.05) is 60.8 Å². The van der Waals surface area contributed by atoms with Crippen LogP contribution in [0.2, 0.25) is 5.02 Å². The number of halogens is 1. The first-order valence-electron chi connectivity index (χ1n) is 24.0. The normalized spacial score (nSPS) is 19.8. The molecule has 1 unspecified atom stereocenters. The van der Waals surface area contributed by atoms with Gasteiger partial charge in [-0.3, -0.25) is 29.2 Å². The van der Waals surface area contributed by atoms with Crippen LogP contribution in [0.5, 0.6) is 0 Å². The summed E-state index contributed by atoms with van der Waals surface area (Å²) >= 11 is 6.70. The van der Waals surface area contributed by atoms with Crippen LogP contribution in [0.3, 0.4) is 0 Å². The third kappa shape index (κ3) is 10.1. The molecule has 4 fully saturated rings. The number of nitriles is 1. The van der Waals surface area contributed by atoms with E-state index >= 15 is 0 Å². The molecular weight excluding hydrogens is 898 g/mol. The third-order valence-corrected chi connectivity index (χ3v) is 14.8. The number of fused-ring (bicyclic) bond motifs is 1. The van der Waals surface area contributed by atoms with Gasteiger partial charge < -0.3 is 30.4 Å². The van der Waals surface area contributed by atoms with Gasteiger partial charge in [0.1, 0.15) is 29.0 Å². The highest BCUT2D eigenvalue weighted by Crippen LogP contribution is 2.39. The molecule has 1 atom stereocenters. The predicted molar refractivity (Wildman–Crippen MR) is 261 cm³/mol. The van der Waals surface area contributed by atoms with Crippen LogP contribution < -0.4 is 25.8 Å². The Hall–Kier alpha value is -6.58. The Morgan fingerprint density at radius 2 is 1.67 bits per heavy atom. The summed E-state index contributed by atoms with van der Waals surface area (Å²) in [4.78, 5) is 66.8. The molecule has 4 N–H and O–H groups in total. The van der Waals surface area contributed by atoms with Crippen molar-refractivity contribution in [1.82, 2.24) is 44.9 Å². The Kier molecular flexibility index (Phi) is 13.1. The number of nitrogens with one attached hydrogen (secondary N) is 3. The number of nitrogens with zero attached hydrogens (tertiary/aromatic N) is 10. The number of imide groups is 1. The number of anilines is 3. The first kappa shape index (κ1) is 47.5. The van der Waals surface area contributed by atoms with Crippen LogP contribution in [0.4, 0.5) is 17.2 Å². The zero-order valence-electron chi connectivity index (χ0n) is 39.7. The summed E-state index contributed by atoms with van der Waals surface area (Å²) in [5.41, 5.74) is 3.40. The maximum atomic E-state index is 13.6. The molecule has 4 aliphatic heterocycles. The maximum absolute atomic E-state index is 13.6. The quantitative estimate of drug-likeness (QED) is 0.114. The molecule has 18 nitrogen and oxygen atoms in total. The van der Waals surface area contributed by atoms with Gasteiger partial charge in [0.05, 0.1) is 64.2 Å². The summed E-state index contributed by atoms with van der Waals surface area (Å²) in [7, 11) is 0. The second kappa shape index (κ2) is 19.1. The standard InChI is InChI=1S/C50H60ClN13O5/c1-5-49(47(68)59-48(2,3)4)14-20-61(21-15-49)41-10-6-32(27-53-41)44-45-33(26-52)28-55-64(45)31-39(57-44)34-29-54-63(30-34)36-12-18-62(19-13-36)43(66)25-50(69)16-22-60(23-17-50)40-9-7-35(24-37(40)51)56-38-8-11-42(65)58-46(38)67/h6-7,9-10,24,27-31,36,38,56,69H,5,8,11-23,25H2,1-4H3,(H,59,68)(H,58,65,67). The molecule has 362 valence electrons. The van der Waals surface area contributed by atoms with E-state index in [0.29, 0.717) is 105 Å². The van der Waals surface area contributed by atoms with Gasteiger partial charge in [-0.1, -0.05) is 18.5 Å². The lowest BCUT2D eigenvalue weighted by molar-refractivity contribution is -0.139. The average molecular weight is 959 g/mol. The van der Waals surface area contributed by atoms with Crippen molar-refractivity contribution in [2.75, 3.05) is 54.4 Å². The van der Waals surface area contributed by atoms with Gasteiger partial charge in [-0.15, -0.1) is 0 Å². The van der Waals surface area contributed by atoms with E-state index in [1.165, 1.54) is 0 Å². The molecule has 0 spiro atoms. The highest BCUT2D eigenvalue weighted by molar-refractivity contribution is 6.33. The number of hydrogen-bond acceptors (Lipinski definition) is 13. The Bertz CT molecular complexity index is 2790. The molecule has 69 heavy (non-hydrogen) atoms. The first-order chi connectivity index (χ1) is 33.0. The zero-order valence-corrected chi connectivity index (χ0v) is 40.4. The molecule has 5 aromatic rings. The van der Waals surface area contributed by atoms with Crippen molar-refractivity contribution in [1.29, 1.82) is 5.26 Å². The van der Waals surface area contributed by atoms with Crippen LogP contribution in [0, 0.1) is 16.7 Å². The summed E-state index contributed by atoms with van der Waals surface area (Å²) in [6.45, 7) is 11.7. The number of rotatable bonds is 11. The molecular formula is C50H60ClN13O5. The number of amides is 4. The van der Waals surface area contributed by atoms with Gasteiger partial charge in [-0.25, -0.2) is 14.5 Å². The van der Waals surface area contributed by atoms with Crippen LogP contribution in [0.1, 0.15) is 104 Å². The topological polar surface area (TPSA) is 219 Å². The van der Waals surface area contributed by atoms with Crippen molar-refractivity contribution in [3.8, 4) is 28.6 Å². The Balaban J connectivity index is 0.799. The van der Waals surface area contributed by atoms with Crippen molar-refractivity contribution in [2.45, 2.75) is 115 Å². The summed E-state index contributed by atoms with van der Waals surface area (Å²) in [6, 6.07) is 11.3. The van der Waals surface area contributed by atoms with Crippen molar-refractivity contribution in [3.63, 3.8) is 0 Å². The first-order valence-corrected chi connectivity index (χ1v) is 24.4. The lowest BCUT2D eigenvalue weighted by Crippen LogP contribution is -2.53. The predicted octanol–water partition coefficient (Wildman–Crippen LogP) is 5.89. The molecule has 4 aliphatic rings. The number of carbonyl (C=O) groups excluding carboxylic acids is 4. The highest BCUT2D eigenvalue weighted by Gasteiger charge is 2.42. The van der Waals surface area contributed by atoms with Gasteiger partial charge in [-0.05, 0) is 102 Å². The van der Waals surface area contributed by atoms with Gasteiger partial charge in [0.15, 0.2) is 0 Å². The second-order valence-electron chi connectivity index (χ2n) is 20.2. The Morgan fingerprint density at radius 3 is 2.32 bits per heavy atom. The van der Waals surface area contributed by atoms with Crippen LogP contribution in [0.15, 0.2) is 61.3 Å². The monoisotopic (exact) mass is 957 g/mol. The molecule has 0 saturated carbocycles. The Morgan fingerprint density at radius 1 is 0.928 bits per heavy atom. The van der Waals surface area contributed by atoms with Crippen molar-refractivity contribution < 1.29 is 24.3 Å². The van der Waals surface area contributed by atoms with Gasteiger partial charge >= 0.3 is 0 Å². The molecule has 0 aliphatic carbocycles. The van der Waals surface area contributed by atoms with E-state index in [1.54, 1.807) is 35.4 Å². The van der Waals surface area contributed by atoms with Gasteiger partial charge in [-0.2, -0.15) is 15.5 Å². The molecule has 0 bridgehead atoms. The number of aromatic nitrogens is 6. The maximum Gasteiger partial charge on any atom is 0.249 e. The van der Waals surface area contributed by atoms with Crippen LogP contribution in [-0.4, -0.2) is 119 Å². The fraction of sp³-hybridized carbons (Fsp3) is 0.500. The van der Waals surface area contributed by atoms with Crippen LogP contribution in [-0.2, 0) is 19.2 Å². The summed E-state index contributed by atoms with van der Waals surface area (Å²) in [5.74, 6) is 0.250. The molecule has 0 radical (unpaired) electrons. The van der Waals surface area contributed by atoms with Crippen molar-refractivity contribution in [2.24, 2.45) is 5.41 Å². The molecule has 8 heterocycles. The fourth-order valence-electron chi connectivity index (χ4n) is 10.2. The van der Waals surface area contributed by atoms with Crippen molar-refractivity contribution in [3.05, 3.63) is 71.9 Å². The fourth-order valence-corrected chi connectivity index (χ4v) is 10.5. The van der Waals surface area contributed by atoms with E-state index < -0.39 is 17.1 Å². The number of piperidine rings is 4. The number of pyridine rings is 1. The SMILES string of the molecule is CCC1(C(=O)NC(C)(C)C)CCN(c2ccc(-c3nc(-c4cnn(C5CCN(C(=O)CC6(O)CCN(c7ccc(NC8CCC(=O)NC8=O)cc7Cl)CC6)CC5)c4)cn4ncc(C#N)c34)cn2)CC1. The van der Waals surface area contributed by atoms with E-state index in [4.69, 9.17) is 26.7 Å². The molecule has 4 aromatic heterocycles. The molecule has 4 saturated heterocycles. The largest absolute Gasteiger partial charge is 0.389 e. The zero-order chi connectivity index (χ0) is 48.7. The van der Waals surface area contributed by atoms with Crippen LogP contribution in [0.25, 0.3) is 28.0 Å². The molecule has 1 aromatic carbocycles. The minimum atomic E-state index is -1.13. The number of aliphatic hydroxyl groups is 1. The molecule has 9 rings (SSSR count). The molecule has 4 amide bonds. The number of carbonyl (C=O) groups is 4. The molecule has 19 heteroatoms. The van der Waals surface area contributed by atoms with E-state index in [0.717, 1.165) is 41.9 Å². The highest BCUT2D eigenvalue weighted by atomic mass is 35.5. The van der Waals surface area contributed by atoms with E-state index in [9.17, 15) is 29.5 Å². The minimum absolute atomic E-state index is 0.0470. The number of benzene rings is 1. The van der Waals surface area contributed by atoms with E-state index in [-0.39, 0.29) is 48.1 Å². The lowest BCUT2D eigenvalue weighted by Gasteiger charge is -2.42. The Labute approximate surface area is 406 Å². The van der Waals surface area contributed by atoms with Gasteiger partial charge in [0.25, 0.3) is 0 Å². The third-order valence-electron chi connectivity index (χ3n) is 14.5. The summed E-state index contributed by atoms with van der Waals surface area (Å²) < 4.78 is 3.62. The second-order valence-corrected chi connectivity index (χ2v) is 20.6. The number of likely N-dealkylation sites (tertiary alicyclic amines) is 1.